The zero-order valence-corrected chi connectivity index (χ0v) is 22.0. The van der Waals surface area contributed by atoms with Gasteiger partial charge in [0.25, 0.3) is 0 Å². The van der Waals surface area contributed by atoms with Gasteiger partial charge in [-0.05, 0) is 85.6 Å². The Balaban J connectivity index is 1.38. The van der Waals surface area contributed by atoms with E-state index in [1.165, 1.54) is 12.1 Å². The van der Waals surface area contributed by atoms with E-state index < -0.39 is 23.6 Å². The molecule has 5 nitrogen and oxygen atoms in total. The van der Waals surface area contributed by atoms with Crippen molar-refractivity contribution in [1.82, 2.24) is 4.90 Å². The number of benzene rings is 2. The number of halogens is 3. The Morgan fingerprint density at radius 3 is 2.24 bits per heavy atom. The van der Waals surface area contributed by atoms with Gasteiger partial charge in [0.2, 0.25) is 5.91 Å². The number of fused-ring (bicyclic) bond motifs is 3. The molecule has 2 aromatic rings. The van der Waals surface area contributed by atoms with Gasteiger partial charge in [-0.3, -0.25) is 9.59 Å². The number of carbonyl (C=O) groups is 2. The molecule has 5 atom stereocenters. The molecule has 1 N–H and O–H groups in total. The molecule has 8 heteroatoms. The molecule has 2 unspecified atom stereocenters. The number of rotatable bonds is 5. The average molecular weight is 532 g/mol. The smallest absolute Gasteiger partial charge is 0.420 e. The van der Waals surface area contributed by atoms with E-state index in [0.29, 0.717) is 35.6 Å². The van der Waals surface area contributed by atoms with Gasteiger partial charge in [0, 0.05) is 12.1 Å². The summed E-state index contributed by atoms with van der Waals surface area (Å²) in [4.78, 5) is 26.7. The second-order valence-electron chi connectivity index (χ2n) is 11.9. The SMILES string of the molecule is C[C@@H]1C[C@H](C)C[C@@H](Oc2ccc3cc(CC(=O)N4C5CCCC4CC(C(=O)O)C5)ccc3c2C(F)(F)F)C1. The first-order chi connectivity index (χ1) is 18.0. The molecule has 2 aliphatic heterocycles. The summed E-state index contributed by atoms with van der Waals surface area (Å²) >= 11 is 0. The van der Waals surface area contributed by atoms with Crippen LogP contribution in [0.5, 0.6) is 5.75 Å². The standard InChI is InChI=1S/C30H36F3NO4/c1-17-10-18(2)12-24(11-17)38-26-9-7-20-13-19(6-8-25(20)28(26)30(31,32)33)14-27(35)34-22-4-3-5-23(34)16-21(15-22)29(36)37/h6-9,13,17-18,21-24H,3-5,10-12,14-16H2,1-2H3,(H,36,37)/t17-,18+,21?,22?,23?,24+. The predicted molar refractivity (Wildman–Crippen MR) is 138 cm³/mol. The fraction of sp³-hybridized carbons (Fsp3) is 0.600. The van der Waals surface area contributed by atoms with E-state index in [1.54, 1.807) is 18.2 Å². The molecule has 1 amide bonds. The topological polar surface area (TPSA) is 66.8 Å². The van der Waals surface area contributed by atoms with E-state index in [2.05, 4.69) is 13.8 Å². The van der Waals surface area contributed by atoms with Gasteiger partial charge in [0.1, 0.15) is 11.3 Å². The number of amides is 1. The highest BCUT2D eigenvalue weighted by Crippen LogP contribution is 2.43. The van der Waals surface area contributed by atoms with Crippen LogP contribution in [0, 0.1) is 17.8 Å². The molecule has 2 saturated heterocycles. The van der Waals surface area contributed by atoms with Crippen LogP contribution in [0.15, 0.2) is 30.3 Å². The van der Waals surface area contributed by atoms with E-state index in [-0.39, 0.29) is 41.7 Å². The molecule has 38 heavy (non-hydrogen) atoms. The van der Waals surface area contributed by atoms with Gasteiger partial charge in [-0.1, -0.05) is 38.1 Å². The summed E-state index contributed by atoms with van der Waals surface area (Å²) in [5.74, 6) is -0.623. The van der Waals surface area contributed by atoms with Crippen molar-refractivity contribution in [2.75, 3.05) is 0 Å². The Hall–Kier alpha value is -2.77. The van der Waals surface area contributed by atoms with Crippen molar-refractivity contribution in [2.24, 2.45) is 17.8 Å². The molecule has 0 radical (unpaired) electrons. The number of ether oxygens (including phenoxy) is 1. The van der Waals surface area contributed by atoms with E-state index >= 15 is 0 Å². The first-order valence-corrected chi connectivity index (χ1v) is 13.8. The maximum atomic E-state index is 14.3. The zero-order chi connectivity index (χ0) is 27.2. The van der Waals surface area contributed by atoms with Crippen LogP contribution in [-0.4, -0.2) is 40.1 Å². The molecule has 206 valence electrons. The normalized spacial score (nSPS) is 29.8. The maximum absolute atomic E-state index is 14.3. The van der Waals surface area contributed by atoms with Gasteiger partial charge in [-0.15, -0.1) is 0 Å². The van der Waals surface area contributed by atoms with Crippen LogP contribution in [0.1, 0.15) is 76.3 Å². The Bertz CT molecular complexity index is 1190. The molecule has 1 saturated carbocycles. The minimum Gasteiger partial charge on any atom is -0.490 e. The molecule has 0 spiro atoms. The quantitative estimate of drug-likeness (QED) is 0.458. The van der Waals surface area contributed by atoms with Crippen LogP contribution < -0.4 is 4.74 Å². The van der Waals surface area contributed by atoms with Gasteiger partial charge in [0.05, 0.1) is 18.4 Å². The number of carboxylic acids is 1. The molecule has 2 heterocycles. The van der Waals surface area contributed by atoms with Crippen molar-refractivity contribution in [3.63, 3.8) is 0 Å². The molecule has 2 aromatic carbocycles. The van der Waals surface area contributed by atoms with E-state index in [4.69, 9.17) is 4.74 Å². The van der Waals surface area contributed by atoms with Crippen LogP contribution >= 0.6 is 0 Å². The van der Waals surface area contributed by atoms with Gasteiger partial charge >= 0.3 is 12.1 Å². The Kier molecular flexibility index (Phi) is 7.35. The summed E-state index contributed by atoms with van der Waals surface area (Å²) < 4.78 is 48.8. The van der Waals surface area contributed by atoms with Crippen molar-refractivity contribution >= 4 is 22.6 Å². The molecule has 3 aliphatic rings. The molecule has 1 aliphatic carbocycles. The number of hydrogen-bond acceptors (Lipinski definition) is 3. The summed E-state index contributed by atoms with van der Waals surface area (Å²) in [6.45, 7) is 4.23. The third kappa shape index (κ3) is 5.50. The third-order valence-electron chi connectivity index (χ3n) is 8.73. The Labute approximate surface area is 221 Å². The second-order valence-corrected chi connectivity index (χ2v) is 11.9. The predicted octanol–water partition coefficient (Wildman–Crippen LogP) is 6.85. The summed E-state index contributed by atoms with van der Waals surface area (Å²) in [6.07, 6.45) is 1.29. The number of carbonyl (C=O) groups excluding carboxylic acids is 1. The lowest BCUT2D eigenvalue weighted by atomic mass is 9.78. The third-order valence-corrected chi connectivity index (χ3v) is 8.73. The van der Waals surface area contributed by atoms with Gasteiger partial charge in [-0.25, -0.2) is 0 Å². The molecule has 0 aromatic heterocycles. The van der Waals surface area contributed by atoms with Gasteiger partial charge in [0.15, 0.2) is 0 Å². The number of alkyl halides is 3. The lowest BCUT2D eigenvalue weighted by molar-refractivity contribution is -0.152. The van der Waals surface area contributed by atoms with Crippen LogP contribution in [-0.2, 0) is 22.2 Å². The largest absolute Gasteiger partial charge is 0.490 e. The number of carboxylic acid groups (broad SMARTS) is 1. The maximum Gasteiger partial charge on any atom is 0.420 e. The number of aliphatic carboxylic acids is 1. The highest BCUT2D eigenvalue weighted by molar-refractivity contribution is 5.90. The van der Waals surface area contributed by atoms with Gasteiger partial charge < -0.3 is 14.7 Å². The van der Waals surface area contributed by atoms with Crippen molar-refractivity contribution in [2.45, 2.75) is 96.0 Å². The monoisotopic (exact) mass is 531 g/mol. The molecular weight excluding hydrogens is 495 g/mol. The summed E-state index contributed by atoms with van der Waals surface area (Å²) in [6, 6.07) is 7.62. The first kappa shape index (κ1) is 26.8. The van der Waals surface area contributed by atoms with Crippen LogP contribution in [0.25, 0.3) is 10.8 Å². The first-order valence-electron chi connectivity index (χ1n) is 13.8. The number of nitrogens with zero attached hydrogens (tertiary/aromatic N) is 1. The van der Waals surface area contributed by atoms with E-state index in [1.807, 2.05) is 4.90 Å². The van der Waals surface area contributed by atoms with Crippen molar-refractivity contribution in [3.8, 4) is 5.75 Å². The van der Waals surface area contributed by atoms with E-state index in [0.717, 1.165) is 38.5 Å². The number of hydrogen-bond donors (Lipinski definition) is 1. The van der Waals surface area contributed by atoms with Crippen molar-refractivity contribution < 1.29 is 32.6 Å². The lowest BCUT2D eigenvalue weighted by Crippen LogP contribution is -2.56. The summed E-state index contributed by atoms with van der Waals surface area (Å²) in [7, 11) is 0. The Morgan fingerprint density at radius 1 is 0.974 bits per heavy atom. The minimum absolute atomic E-state index is 0.0715. The molecular formula is C30H36F3NO4. The summed E-state index contributed by atoms with van der Waals surface area (Å²) in [5, 5.41) is 9.97. The summed E-state index contributed by atoms with van der Waals surface area (Å²) in [5.41, 5.74) is -0.110. The fourth-order valence-corrected chi connectivity index (χ4v) is 7.26. The Morgan fingerprint density at radius 2 is 1.63 bits per heavy atom. The number of piperidine rings is 2. The fourth-order valence-electron chi connectivity index (χ4n) is 7.26. The second kappa shape index (κ2) is 10.4. The molecule has 5 rings (SSSR count). The van der Waals surface area contributed by atoms with Crippen LogP contribution in [0.2, 0.25) is 0 Å². The zero-order valence-electron chi connectivity index (χ0n) is 22.0. The highest BCUT2D eigenvalue weighted by atomic mass is 19.4. The van der Waals surface area contributed by atoms with Crippen LogP contribution in [0.4, 0.5) is 13.2 Å². The van der Waals surface area contributed by atoms with Gasteiger partial charge in [-0.2, -0.15) is 13.2 Å². The highest BCUT2D eigenvalue weighted by Gasteiger charge is 2.43. The minimum atomic E-state index is -4.58. The van der Waals surface area contributed by atoms with Crippen molar-refractivity contribution in [3.05, 3.63) is 41.5 Å². The van der Waals surface area contributed by atoms with E-state index in [9.17, 15) is 27.9 Å². The molecule has 2 bridgehead atoms. The van der Waals surface area contributed by atoms with Crippen LogP contribution in [0.3, 0.4) is 0 Å². The van der Waals surface area contributed by atoms with Crippen molar-refractivity contribution in [1.29, 1.82) is 0 Å². The molecule has 3 fully saturated rings. The average Bonchev–Trinajstić information content (AvgIpc) is 2.81. The lowest BCUT2D eigenvalue weighted by Gasteiger charge is -2.48.